The molecule has 150 valence electrons. The van der Waals surface area contributed by atoms with Crippen molar-refractivity contribution in [1.29, 1.82) is 0 Å². The normalized spacial score (nSPS) is 19.0. The zero-order valence-corrected chi connectivity index (χ0v) is 16.8. The number of aryl methyl sites for hydroxylation is 1. The second-order valence-corrected chi connectivity index (χ2v) is 8.50. The van der Waals surface area contributed by atoms with Crippen molar-refractivity contribution >= 4 is 16.8 Å². The van der Waals surface area contributed by atoms with E-state index in [9.17, 15) is 9.59 Å². The van der Waals surface area contributed by atoms with Gasteiger partial charge in [0, 0.05) is 23.0 Å². The van der Waals surface area contributed by atoms with Gasteiger partial charge in [-0.2, -0.15) is 0 Å². The molecule has 0 spiro atoms. The van der Waals surface area contributed by atoms with Crippen LogP contribution in [0.15, 0.2) is 29.1 Å². The average Bonchev–Trinajstić information content (AvgIpc) is 2.73. The Labute approximate surface area is 166 Å². The molecule has 0 atom stereocenters. The number of hydrogen-bond donors (Lipinski definition) is 2. The minimum absolute atomic E-state index is 0.0771. The molecular weight excluding hydrogens is 350 g/mol. The van der Waals surface area contributed by atoms with E-state index in [-0.39, 0.29) is 23.4 Å². The molecule has 0 radical (unpaired) electrons. The summed E-state index contributed by atoms with van der Waals surface area (Å²) < 4.78 is 0. The fraction of sp³-hybridized carbons (Fsp3) is 0.565. The van der Waals surface area contributed by atoms with Gasteiger partial charge in [0.15, 0.2) is 0 Å². The molecule has 1 saturated carbocycles. The fourth-order valence-corrected chi connectivity index (χ4v) is 4.76. The van der Waals surface area contributed by atoms with Gasteiger partial charge >= 0.3 is 0 Å². The average molecular weight is 382 g/mol. The van der Waals surface area contributed by atoms with E-state index in [4.69, 9.17) is 0 Å². The number of pyridine rings is 1. The van der Waals surface area contributed by atoms with Crippen LogP contribution in [0.5, 0.6) is 0 Å². The molecule has 28 heavy (non-hydrogen) atoms. The molecule has 2 heterocycles. The summed E-state index contributed by atoms with van der Waals surface area (Å²) in [4.78, 5) is 31.2. The van der Waals surface area contributed by atoms with E-state index >= 15 is 0 Å². The Hall–Kier alpha value is -2.14. The number of fused-ring (bicyclic) bond motifs is 1. The van der Waals surface area contributed by atoms with Gasteiger partial charge in [0.1, 0.15) is 0 Å². The molecule has 1 aromatic carbocycles. The molecule has 2 aromatic rings. The molecule has 1 aliphatic heterocycles. The Bertz CT molecular complexity index is 892. The summed E-state index contributed by atoms with van der Waals surface area (Å²) in [5, 5.41) is 4.42. The number of H-pyrrole nitrogens is 1. The number of amides is 1. The van der Waals surface area contributed by atoms with Crippen LogP contribution in [0.2, 0.25) is 0 Å². The van der Waals surface area contributed by atoms with E-state index in [2.05, 4.69) is 23.3 Å². The smallest absolute Gasteiger partial charge is 0.253 e. The summed E-state index contributed by atoms with van der Waals surface area (Å²) >= 11 is 0. The van der Waals surface area contributed by atoms with Crippen LogP contribution in [0.4, 0.5) is 0 Å². The third-order valence-corrected chi connectivity index (χ3v) is 6.40. The molecular formula is C23H31N3O2. The van der Waals surface area contributed by atoms with Crippen molar-refractivity contribution in [3.05, 3.63) is 45.7 Å². The molecule has 5 nitrogen and oxygen atoms in total. The number of rotatable bonds is 4. The number of benzene rings is 1. The Balaban J connectivity index is 1.64. The topological polar surface area (TPSA) is 65.2 Å². The van der Waals surface area contributed by atoms with Gasteiger partial charge in [-0.3, -0.25) is 9.59 Å². The summed E-state index contributed by atoms with van der Waals surface area (Å²) in [6, 6.07) is 8.25. The van der Waals surface area contributed by atoms with E-state index < -0.39 is 0 Å². The summed E-state index contributed by atoms with van der Waals surface area (Å²) in [7, 11) is 0. The molecule has 1 amide bonds. The number of piperidine rings is 1. The molecule has 2 aliphatic rings. The molecule has 1 aromatic heterocycles. The lowest BCUT2D eigenvalue weighted by molar-refractivity contribution is -0.140. The fourth-order valence-electron chi connectivity index (χ4n) is 4.76. The monoisotopic (exact) mass is 381 g/mol. The quantitative estimate of drug-likeness (QED) is 0.852. The van der Waals surface area contributed by atoms with Crippen LogP contribution >= 0.6 is 0 Å². The minimum Gasteiger partial charge on any atom is -0.335 e. The van der Waals surface area contributed by atoms with E-state index in [1.165, 1.54) is 12.0 Å². The maximum Gasteiger partial charge on any atom is 0.253 e. The zero-order chi connectivity index (χ0) is 19.5. The third kappa shape index (κ3) is 4.14. The lowest BCUT2D eigenvalue weighted by atomic mass is 9.87. The second-order valence-electron chi connectivity index (χ2n) is 8.50. The van der Waals surface area contributed by atoms with E-state index in [1.54, 1.807) is 0 Å². The summed E-state index contributed by atoms with van der Waals surface area (Å²) in [6.45, 7) is 4.34. The van der Waals surface area contributed by atoms with Gasteiger partial charge in [-0.1, -0.05) is 30.9 Å². The number of carbonyl (C=O) groups is 1. The third-order valence-electron chi connectivity index (χ3n) is 6.40. The first-order valence-electron chi connectivity index (χ1n) is 10.8. The van der Waals surface area contributed by atoms with Crippen LogP contribution in [0.3, 0.4) is 0 Å². The predicted octanol–water partition coefficient (Wildman–Crippen LogP) is 3.50. The first kappa shape index (κ1) is 19.2. The molecule has 2 fully saturated rings. The highest BCUT2D eigenvalue weighted by molar-refractivity contribution is 5.81. The number of nitrogens with one attached hydrogen (secondary N) is 2. The first-order valence-corrected chi connectivity index (χ1v) is 10.8. The first-order chi connectivity index (χ1) is 13.6. The van der Waals surface area contributed by atoms with Crippen molar-refractivity contribution in [3.8, 4) is 0 Å². The van der Waals surface area contributed by atoms with Gasteiger partial charge < -0.3 is 15.2 Å². The molecule has 1 saturated heterocycles. The van der Waals surface area contributed by atoms with Gasteiger partial charge in [-0.15, -0.1) is 0 Å². The number of carbonyl (C=O) groups excluding carboxylic acids is 1. The maximum absolute atomic E-state index is 13.4. The van der Waals surface area contributed by atoms with Crippen molar-refractivity contribution in [2.45, 2.75) is 64.5 Å². The van der Waals surface area contributed by atoms with Crippen molar-refractivity contribution in [1.82, 2.24) is 15.2 Å². The summed E-state index contributed by atoms with van der Waals surface area (Å²) in [6.07, 6.45) is 7.44. The lowest BCUT2D eigenvalue weighted by Crippen LogP contribution is -2.48. The molecule has 1 aliphatic carbocycles. The molecule has 0 unspecified atom stereocenters. The van der Waals surface area contributed by atoms with E-state index in [0.29, 0.717) is 12.1 Å². The highest BCUT2D eigenvalue weighted by Gasteiger charge is 2.31. The van der Waals surface area contributed by atoms with Gasteiger partial charge in [0.2, 0.25) is 5.91 Å². The van der Waals surface area contributed by atoms with Crippen LogP contribution < -0.4 is 10.9 Å². The van der Waals surface area contributed by atoms with Crippen molar-refractivity contribution in [2.24, 2.45) is 5.92 Å². The Morgan fingerprint density at radius 3 is 2.57 bits per heavy atom. The predicted molar refractivity (Wildman–Crippen MR) is 112 cm³/mol. The van der Waals surface area contributed by atoms with Crippen molar-refractivity contribution < 1.29 is 4.79 Å². The van der Waals surface area contributed by atoms with Crippen LogP contribution in [0.25, 0.3) is 10.9 Å². The lowest BCUT2D eigenvalue weighted by Gasteiger charge is -2.37. The summed E-state index contributed by atoms with van der Waals surface area (Å²) in [5.41, 5.74) is 2.64. The zero-order valence-electron chi connectivity index (χ0n) is 16.8. The number of aromatic nitrogens is 1. The van der Waals surface area contributed by atoms with Crippen molar-refractivity contribution in [3.63, 3.8) is 0 Å². The Morgan fingerprint density at radius 2 is 1.82 bits per heavy atom. The van der Waals surface area contributed by atoms with Gasteiger partial charge in [-0.05, 0) is 69.3 Å². The largest absolute Gasteiger partial charge is 0.335 e. The Kier molecular flexibility index (Phi) is 5.81. The van der Waals surface area contributed by atoms with Gasteiger partial charge in [-0.25, -0.2) is 0 Å². The van der Waals surface area contributed by atoms with Crippen LogP contribution in [-0.4, -0.2) is 34.9 Å². The number of nitrogens with zero attached hydrogens (tertiary/aromatic N) is 1. The van der Waals surface area contributed by atoms with Gasteiger partial charge in [0.25, 0.3) is 5.56 Å². The highest BCUT2D eigenvalue weighted by Crippen LogP contribution is 2.28. The summed E-state index contributed by atoms with van der Waals surface area (Å²) in [5.74, 6) is 0.390. The van der Waals surface area contributed by atoms with Gasteiger partial charge in [0.05, 0.1) is 6.54 Å². The van der Waals surface area contributed by atoms with Crippen LogP contribution in [0, 0.1) is 12.8 Å². The molecule has 5 heteroatoms. The van der Waals surface area contributed by atoms with Crippen LogP contribution in [-0.2, 0) is 11.3 Å². The number of hydrogen-bond acceptors (Lipinski definition) is 3. The molecule has 4 rings (SSSR count). The van der Waals surface area contributed by atoms with E-state index in [0.717, 1.165) is 62.5 Å². The Morgan fingerprint density at radius 1 is 1.07 bits per heavy atom. The molecule has 0 bridgehead atoms. The van der Waals surface area contributed by atoms with E-state index in [1.807, 2.05) is 23.1 Å². The standard InChI is InChI=1S/C23H31N3O2/c1-16-7-8-21-18(13-16)14-19(22(27)25-21)15-26(20-9-11-24-12-10-20)23(28)17-5-3-2-4-6-17/h7-8,13-14,17,20,24H,2-6,9-12,15H2,1H3,(H,25,27). The maximum atomic E-state index is 13.4. The number of aromatic amines is 1. The highest BCUT2D eigenvalue weighted by atomic mass is 16.2. The minimum atomic E-state index is -0.0771. The second kappa shape index (κ2) is 8.48. The van der Waals surface area contributed by atoms with Crippen LogP contribution in [0.1, 0.15) is 56.1 Å². The molecule has 2 N–H and O–H groups in total. The SMILES string of the molecule is Cc1ccc2[nH]c(=O)c(CN(C(=O)C3CCCCC3)C3CCNCC3)cc2c1. The van der Waals surface area contributed by atoms with Crippen molar-refractivity contribution in [2.75, 3.05) is 13.1 Å².